The van der Waals surface area contributed by atoms with Crippen LogP contribution in [0.5, 0.6) is 0 Å². The molecule has 6 nitrogen and oxygen atoms in total. The zero-order valence-corrected chi connectivity index (χ0v) is 12.4. The van der Waals surface area contributed by atoms with E-state index in [4.69, 9.17) is 21.0 Å². The highest BCUT2D eigenvalue weighted by Crippen LogP contribution is 2.36. The fourth-order valence-corrected chi connectivity index (χ4v) is 2.50. The summed E-state index contributed by atoms with van der Waals surface area (Å²) >= 11 is 0. The third-order valence-corrected chi connectivity index (χ3v) is 3.57. The minimum Gasteiger partial charge on any atom is -0.453 e. The summed E-state index contributed by atoms with van der Waals surface area (Å²) in [5, 5.41) is 18.4. The van der Waals surface area contributed by atoms with Crippen LogP contribution in [0.3, 0.4) is 0 Å². The fourth-order valence-electron chi connectivity index (χ4n) is 2.50. The summed E-state index contributed by atoms with van der Waals surface area (Å²) in [7, 11) is 0. The van der Waals surface area contributed by atoms with Gasteiger partial charge >= 0.3 is 0 Å². The Labute approximate surface area is 128 Å². The summed E-state index contributed by atoms with van der Waals surface area (Å²) in [4.78, 5) is 11.3. The Morgan fingerprint density at radius 3 is 2.32 bits per heavy atom. The van der Waals surface area contributed by atoms with E-state index in [1.54, 1.807) is 18.2 Å². The van der Waals surface area contributed by atoms with Crippen LogP contribution in [0.25, 0.3) is 11.3 Å². The molecule has 0 spiro atoms. The van der Waals surface area contributed by atoms with Crippen LogP contribution in [0.1, 0.15) is 28.6 Å². The molecule has 0 fully saturated rings. The third kappa shape index (κ3) is 2.98. The van der Waals surface area contributed by atoms with Crippen LogP contribution in [0.15, 0.2) is 22.6 Å². The van der Waals surface area contributed by atoms with E-state index >= 15 is 0 Å². The van der Waals surface area contributed by atoms with Gasteiger partial charge in [0.2, 0.25) is 0 Å². The predicted molar refractivity (Wildman–Crippen MR) is 84.6 cm³/mol. The van der Waals surface area contributed by atoms with E-state index in [1.165, 1.54) is 6.92 Å². The second-order valence-corrected chi connectivity index (χ2v) is 5.05. The lowest BCUT2D eigenvalue weighted by Crippen LogP contribution is -2.09. The van der Waals surface area contributed by atoms with Crippen LogP contribution >= 0.6 is 0 Å². The van der Waals surface area contributed by atoms with Crippen molar-refractivity contribution in [2.75, 3.05) is 24.7 Å². The highest BCUT2D eigenvalue weighted by Gasteiger charge is 2.18. The average Bonchev–Trinajstić information content (AvgIpc) is 2.96. The van der Waals surface area contributed by atoms with E-state index in [9.17, 15) is 9.90 Å². The lowest BCUT2D eigenvalue weighted by atomic mass is 9.94. The number of nitrogen functional groups attached to an aromatic ring is 2. The van der Waals surface area contributed by atoms with Crippen molar-refractivity contribution < 1.29 is 19.4 Å². The second kappa shape index (κ2) is 6.64. The number of furan rings is 1. The van der Waals surface area contributed by atoms with Crippen molar-refractivity contribution in [2.45, 2.75) is 19.8 Å². The second-order valence-electron chi connectivity index (χ2n) is 5.05. The first-order valence-corrected chi connectivity index (χ1v) is 7.02. The number of Topliss-reactive ketones (excluding diaryl/α,β-unsaturated/α-hetero) is 1. The van der Waals surface area contributed by atoms with Crippen molar-refractivity contribution in [1.29, 1.82) is 0 Å². The Morgan fingerprint density at radius 1 is 1.14 bits per heavy atom. The lowest BCUT2D eigenvalue weighted by Gasteiger charge is -2.17. The molecule has 0 bridgehead atoms. The average molecular weight is 304 g/mol. The molecule has 0 aliphatic heterocycles. The molecule has 6 heteroatoms. The van der Waals surface area contributed by atoms with Gasteiger partial charge in [0, 0.05) is 37.1 Å². The first-order valence-electron chi connectivity index (χ1n) is 7.02. The number of aliphatic hydroxyl groups is 2. The van der Waals surface area contributed by atoms with Crippen LogP contribution in [-0.4, -0.2) is 29.2 Å². The molecule has 0 unspecified atom stereocenters. The van der Waals surface area contributed by atoms with Crippen LogP contribution in [0, 0.1) is 0 Å². The van der Waals surface area contributed by atoms with E-state index in [0.29, 0.717) is 41.1 Å². The third-order valence-electron chi connectivity index (χ3n) is 3.57. The van der Waals surface area contributed by atoms with E-state index in [-0.39, 0.29) is 24.8 Å². The molecular formula is C16H20N2O4. The van der Waals surface area contributed by atoms with Gasteiger partial charge in [-0.15, -0.1) is 0 Å². The maximum atomic E-state index is 11.3. The Bertz CT molecular complexity index is 692. The van der Waals surface area contributed by atoms with Crippen LogP contribution < -0.4 is 11.5 Å². The molecule has 0 amide bonds. The summed E-state index contributed by atoms with van der Waals surface area (Å²) in [6, 6.07) is 4.92. The van der Waals surface area contributed by atoms with E-state index in [2.05, 4.69) is 0 Å². The van der Waals surface area contributed by atoms with Crippen molar-refractivity contribution in [2.24, 2.45) is 0 Å². The Morgan fingerprint density at radius 2 is 1.77 bits per heavy atom. The summed E-state index contributed by atoms with van der Waals surface area (Å²) in [6.07, 6.45) is 0.696. The molecule has 1 aromatic carbocycles. The molecule has 0 radical (unpaired) electrons. The molecule has 118 valence electrons. The van der Waals surface area contributed by atoms with Crippen molar-refractivity contribution in [3.63, 3.8) is 0 Å². The van der Waals surface area contributed by atoms with Crippen molar-refractivity contribution in [3.05, 3.63) is 35.1 Å². The van der Waals surface area contributed by atoms with E-state index < -0.39 is 0 Å². The number of hydrogen-bond donors (Lipinski definition) is 4. The highest BCUT2D eigenvalue weighted by atomic mass is 16.3. The van der Waals surface area contributed by atoms with Crippen LogP contribution in [0.4, 0.5) is 11.4 Å². The van der Waals surface area contributed by atoms with Crippen molar-refractivity contribution in [3.8, 4) is 11.3 Å². The smallest absolute Gasteiger partial charge is 0.194 e. The molecule has 0 saturated carbocycles. The number of carbonyl (C=O) groups is 1. The van der Waals surface area contributed by atoms with Gasteiger partial charge in [-0.2, -0.15) is 0 Å². The molecule has 6 N–H and O–H groups in total. The van der Waals surface area contributed by atoms with Gasteiger partial charge in [-0.05, 0) is 42.2 Å². The minimum atomic E-state index is -0.176. The Balaban J connectivity index is 2.58. The van der Waals surface area contributed by atoms with Crippen molar-refractivity contribution >= 4 is 17.2 Å². The zero-order valence-electron chi connectivity index (χ0n) is 12.4. The van der Waals surface area contributed by atoms with Gasteiger partial charge in [0.15, 0.2) is 11.5 Å². The van der Waals surface area contributed by atoms with Gasteiger partial charge in [0.1, 0.15) is 5.76 Å². The summed E-state index contributed by atoms with van der Waals surface area (Å²) in [5.41, 5.74) is 15.2. The Kier molecular flexibility index (Phi) is 4.85. The van der Waals surface area contributed by atoms with Gasteiger partial charge in [0.25, 0.3) is 0 Å². The van der Waals surface area contributed by atoms with Gasteiger partial charge in [-0.25, -0.2) is 0 Å². The van der Waals surface area contributed by atoms with E-state index in [0.717, 1.165) is 5.56 Å². The zero-order chi connectivity index (χ0) is 16.3. The molecule has 0 aliphatic carbocycles. The minimum absolute atomic E-state index is 0.0589. The summed E-state index contributed by atoms with van der Waals surface area (Å²) in [5.74, 6) is 0.519. The number of aliphatic hydroxyl groups excluding tert-OH is 2. The molecule has 2 aromatic rings. The molecular weight excluding hydrogens is 284 g/mol. The fraction of sp³-hybridized carbons (Fsp3) is 0.312. The number of ketones is 1. The number of rotatable bonds is 6. The quantitative estimate of drug-likeness (QED) is 0.472. The number of anilines is 2. The first kappa shape index (κ1) is 16.1. The molecule has 0 saturated heterocycles. The number of hydrogen-bond acceptors (Lipinski definition) is 6. The monoisotopic (exact) mass is 304 g/mol. The number of carbonyl (C=O) groups excluding carboxylic acids is 1. The first-order chi connectivity index (χ1) is 10.5. The van der Waals surface area contributed by atoms with Gasteiger partial charge in [0.05, 0.1) is 0 Å². The van der Waals surface area contributed by atoms with Crippen LogP contribution in [0.2, 0.25) is 0 Å². The number of nitrogens with two attached hydrogens (primary N) is 2. The Hall–Kier alpha value is -2.31. The summed E-state index contributed by atoms with van der Waals surface area (Å²) in [6.45, 7) is 1.28. The topological polar surface area (TPSA) is 123 Å². The molecule has 22 heavy (non-hydrogen) atoms. The largest absolute Gasteiger partial charge is 0.453 e. The van der Waals surface area contributed by atoms with Gasteiger partial charge < -0.3 is 26.1 Å². The molecule has 1 heterocycles. The molecule has 2 rings (SSSR count). The molecule has 0 atom stereocenters. The van der Waals surface area contributed by atoms with Crippen molar-refractivity contribution in [1.82, 2.24) is 0 Å². The van der Waals surface area contributed by atoms with Gasteiger partial charge in [-0.3, -0.25) is 4.79 Å². The standard InChI is InChI=1S/C16H20N2O4/c1-9(21)14-2-3-15(22-14)12-8-13(17)10(4-6-19)11(5-7-20)16(12)18/h2-3,8,19-20H,4-7,17-18H2,1H3. The normalized spacial score (nSPS) is 10.9. The van der Waals surface area contributed by atoms with Gasteiger partial charge in [-0.1, -0.05) is 0 Å². The number of benzene rings is 1. The SMILES string of the molecule is CC(=O)c1ccc(-c2cc(N)c(CCO)c(CCO)c2N)o1. The molecule has 0 aliphatic rings. The maximum Gasteiger partial charge on any atom is 0.194 e. The predicted octanol–water partition coefficient (Wildman–Crippen LogP) is 1.38. The lowest BCUT2D eigenvalue weighted by molar-refractivity contribution is 0.0988. The molecule has 1 aromatic heterocycles. The maximum absolute atomic E-state index is 11.3. The van der Waals surface area contributed by atoms with E-state index in [1.807, 2.05) is 0 Å². The summed E-state index contributed by atoms with van der Waals surface area (Å²) < 4.78 is 5.50. The van der Waals surface area contributed by atoms with Crippen LogP contribution in [-0.2, 0) is 12.8 Å². The highest BCUT2D eigenvalue weighted by molar-refractivity contribution is 5.92.